The maximum atomic E-state index is 12.1. The highest BCUT2D eigenvalue weighted by Gasteiger charge is 2.28. The minimum absolute atomic E-state index is 0.0939. The number of ether oxygens (including phenoxy) is 1. The molecule has 0 aliphatic carbocycles. The molecule has 0 amide bonds. The maximum Gasteiger partial charge on any atom is 0.309 e. The summed E-state index contributed by atoms with van der Waals surface area (Å²) in [7, 11) is 0. The predicted octanol–water partition coefficient (Wildman–Crippen LogP) is 4.50. The summed E-state index contributed by atoms with van der Waals surface area (Å²) in [4.78, 5) is 23.9. The van der Waals surface area contributed by atoms with Crippen molar-refractivity contribution in [1.82, 2.24) is 19.7 Å². The van der Waals surface area contributed by atoms with Gasteiger partial charge in [0.1, 0.15) is 5.82 Å². The molecule has 2 aromatic carbocycles. The first kappa shape index (κ1) is 22.2. The molecule has 2 aromatic heterocycles. The van der Waals surface area contributed by atoms with E-state index in [-0.39, 0.29) is 11.9 Å². The molecule has 0 bridgehead atoms. The van der Waals surface area contributed by atoms with E-state index in [9.17, 15) is 4.79 Å². The second-order valence-electron chi connectivity index (χ2n) is 8.22. The molecule has 5 rings (SSSR count). The normalized spacial score (nSPS) is 14.5. The molecule has 2 N–H and O–H groups in total. The molecule has 4 aromatic rings. The molecule has 0 atom stereocenters. The zero-order valence-corrected chi connectivity index (χ0v) is 19.6. The second-order valence-corrected chi connectivity index (χ2v) is 8.66. The molecule has 3 heterocycles. The number of anilines is 2. The number of carbonyl (C=O) groups is 1. The molecular weight excluding hydrogens is 452 g/mol. The number of rotatable bonds is 5. The average Bonchev–Trinajstić information content (AvgIpc) is 3.21. The van der Waals surface area contributed by atoms with Crippen molar-refractivity contribution in [2.24, 2.45) is 5.92 Å². The van der Waals surface area contributed by atoms with Crippen LogP contribution in [0.3, 0.4) is 0 Å². The summed E-state index contributed by atoms with van der Waals surface area (Å²) in [5.41, 5.74) is 9.51. The molecule has 1 fully saturated rings. The Labute approximate surface area is 202 Å². The number of nitrogen functional groups attached to an aromatic ring is 1. The van der Waals surface area contributed by atoms with Gasteiger partial charge in [-0.1, -0.05) is 41.9 Å². The Balaban J connectivity index is 1.57. The van der Waals surface area contributed by atoms with Crippen molar-refractivity contribution >= 4 is 40.4 Å². The third kappa shape index (κ3) is 4.17. The number of fused-ring (bicyclic) bond motifs is 1. The number of piperidine rings is 1. The molecule has 0 saturated carbocycles. The molecule has 1 aliphatic rings. The minimum atomic E-state index is -0.130. The zero-order chi connectivity index (χ0) is 23.7. The van der Waals surface area contributed by atoms with Crippen LogP contribution in [0.5, 0.6) is 0 Å². The van der Waals surface area contributed by atoms with Gasteiger partial charge in [0.15, 0.2) is 5.65 Å². The zero-order valence-electron chi connectivity index (χ0n) is 18.8. The smallest absolute Gasteiger partial charge is 0.309 e. The van der Waals surface area contributed by atoms with Crippen LogP contribution in [0, 0.1) is 5.92 Å². The number of carbonyl (C=O) groups excluding carboxylic acids is 1. The lowest BCUT2D eigenvalue weighted by molar-refractivity contribution is -0.148. The molecule has 34 heavy (non-hydrogen) atoms. The number of halogens is 1. The number of nitrogens with zero attached hydrogens (tertiary/aromatic N) is 5. The minimum Gasteiger partial charge on any atom is -0.466 e. The number of esters is 1. The van der Waals surface area contributed by atoms with Crippen molar-refractivity contribution in [3.05, 3.63) is 59.6 Å². The van der Waals surface area contributed by atoms with Crippen LogP contribution in [-0.4, -0.2) is 45.4 Å². The number of para-hydroxylation sites is 1. The fraction of sp³-hybridized carbons (Fsp3) is 0.280. The van der Waals surface area contributed by atoms with Gasteiger partial charge in [-0.25, -0.2) is 9.67 Å². The predicted molar refractivity (Wildman–Crippen MR) is 133 cm³/mol. The van der Waals surface area contributed by atoms with Gasteiger partial charge >= 0.3 is 5.97 Å². The van der Waals surface area contributed by atoms with E-state index in [0.717, 1.165) is 11.3 Å². The van der Waals surface area contributed by atoms with E-state index in [1.54, 1.807) is 4.68 Å². The average molecular weight is 477 g/mol. The molecule has 0 spiro atoms. The highest BCUT2D eigenvalue weighted by Crippen LogP contribution is 2.34. The Kier molecular flexibility index (Phi) is 6.06. The molecular formula is C25H25ClN6O2. The van der Waals surface area contributed by atoms with E-state index in [4.69, 9.17) is 37.1 Å². The Morgan fingerprint density at radius 3 is 2.47 bits per heavy atom. The number of hydrogen-bond acceptors (Lipinski definition) is 7. The van der Waals surface area contributed by atoms with E-state index in [2.05, 4.69) is 4.90 Å². The summed E-state index contributed by atoms with van der Waals surface area (Å²) in [6, 6.07) is 17.2. The molecule has 1 aliphatic heterocycles. The van der Waals surface area contributed by atoms with E-state index < -0.39 is 0 Å². The number of nitrogens with two attached hydrogens (primary N) is 1. The molecule has 0 radical (unpaired) electrons. The van der Waals surface area contributed by atoms with E-state index in [1.165, 1.54) is 0 Å². The maximum absolute atomic E-state index is 12.1. The molecule has 1 saturated heterocycles. The number of benzene rings is 2. The lowest BCUT2D eigenvalue weighted by Gasteiger charge is -2.31. The second kappa shape index (κ2) is 9.30. The van der Waals surface area contributed by atoms with E-state index in [1.807, 2.05) is 61.5 Å². The van der Waals surface area contributed by atoms with Gasteiger partial charge in [-0.05, 0) is 44.0 Å². The van der Waals surface area contributed by atoms with Crippen molar-refractivity contribution in [3.8, 4) is 16.9 Å². The summed E-state index contributed by atoms with van der Waals surface area (Å²) in [6.45, 7) is 3.54. The van der Waals surface area contributed by atoms with Gasteiger partial charge in [0.05, 0.1) is 29.3 Å². The van der Waals surface area contributed by atoms with Gasteiger partial charge in [-0.2, -0.15) is 4.98 Å². The van der Waals surface area contributed by atoms with Crippen LogP contribution in [0.4, 0.5) is 11.8 Å². The molecule has 174 valence electrons. The van der Waals surface area contributed by atoms with Crippen LogP contribution in [0.15, 0.2) is 54.6 Å². The van der Waals surface area contributed by atoms with Crippen LogP contribution >= 0.6 is 11.6 Å². The Bertz CT molecular complexity index is 1320. The summed E-state index contributed by atoms with van der Waals surface area (Å²) in [5.74, 6) is 0.814. The number of hydrogen-bond donors (Lipinski definition) is 1. The molecule has 0 unspecified atom stereocenters. The summed E-state index contributed by atoms with van der Waals surface area (Å²) in [5, 5.41) is 6.06. The van der Waals surface area contributed by atoms with Crippen LogP contribution in [0.2, 0.25) is 5.02 Å². The van der Waals surface area contributed by atoms with Gasteiger partial charge in [-0.15, -0.1) is 5.10 Å². The summed E-state index contributed by atoms with van der Waals surface area (Å²) in [6.07, 6.45) is 1.38. The summed E-state index contributed by atoms with van der Waals surface area (Å²) >= 11 is 6.13. The van der Waals surface area contributed by atoms with E-state index >= 15 is 0 Å². The lowest BCUT2D eigenvalue weighted by atomic mass is 9.97. The first-order chi connectivity index (χ1) is 16.5. The fourth-order valence-corrected chi connectivity index (χ4v) is 4.43. The fourth-order valence-electron chi connectivity index (χ4n) is 4.30. The van der Waals surface area contributed by atoms with Crippen molar-refractivity contribution in [2.75, 3.05) is 30.3 Å². The van der Waals surface area contributed by atoms with Crippen molar-refractivity contribution in [1.29, 1.82) is 0 Å². The van der Waals surface area contributed by atoms with Crippen LogP contribution in [0.1, 0.15) is 19.8 Å². The molecule has 9 heteroatoms. The highest BCUT2D eigenvalue weighted by molar-refractivity contribution is 6.30. The quantitative estimate of drug-likeness (QED) is 0.423. The van der Waals surface area contributed by atoms with Crippen molar-refractivity contribution < 1.29 is 9.53 Å². The lowest BCUT2D eigenvalue weighted by Crippen LogP contribution is -2.38. The van der Waals surface area contributed by atoms with Gasteiger partial charge in [0.2, 0.25) is 5.95 Å². The van der Waals surface area contributed by atoms with Gasteiger partial charge in [0.25, 0.3) is 0 Å². The van der Waals surface area contributed by atoms with Crippen LogP contribution < -0.4 is 10.6 Å². The Morgan fingerprint density at radius 2 is 1.79 bits per heavy atom. The van der Waals surface area contributed by atoms with Crippen molar-refractivity contribution in [2.45, 2.75) is 19.8 Å². The Morgan fingerprint density at radius 1 is 1.09 bits per heavy atom. The van der Waals surface area contributed by atoms with Crippen LogP contribution in [-0.2, 0) is 9.53 Å². The first-order valence-electron chi connectivity index (χ1n) is 11.3. The largest absolute Gasteiger partial charge is 0.466 e. The SMILES string of the molecule is CCOC(=O)C1CCN(c2nc(-c3ccc(Cl)cc3)c3c(N)n(-c4ccccc4)nc3n2)CC1. The highest BCUT2D eigenvalue weighted by atomic mass is 35.5. The summed E-state index contributed by atoms with van der Waals surface area (Å²) < 4.78 is 6.89. The number of aromatic nitrogens is 4. The monoisotopic (exact) mass is 476 g/mol. The third-order valence-corrected chi connectivity index (χ3v) is 6.33. The molecule has 8 nitrogen and oxygen atoms in total. The first-order valence-corrected chi connectivity index (χ1v) is 11.7. The Hall–Kier alpha value is -3.65. The topological polar surface area (TPSA) is 99.2 Å². The van der Waals surface area contributed by atoms with Gasteiger partial charge in [-0.3, -0.25) is 4.79 Å². The van der Waals surface area contributed by atoms with Gasteiger partial charge < -0.3 is 15.4 Å². The van der Waals surface area contributed by atoms with Crippen molar-refractivity contribution in [3.63, 3.8) is 0 Å². The van der Waals surface area contributed by atoms with E-state index in [0.29, 0.717) is 66.1 Å². The van der Waals surface area contributed by atoms with Gasteiger partial charge in [0, 0.05) is 23.7 Å². The standard InChI is InChI=1S/C25H25ClN6O2/c1-2-34-24(33)17-12-14-31(15-13-17)25-28-21(16-8-10-18(26)11-9-16)20-22(27)32(30-23(20)29-25)19-6-4-3-5-7-19/h3-11,17H,2,12-15,27H2,1H3. The third-order valence-electron chi connectivity index (χ3n) is 6.07. The van der Waals surface area contributed by atoms with Crippen LogP contribution in [0.25, 0.3) is 28.0 Å².